The Labute approximate surface area is 128 Å². The van der Waals surface area contributed by atoms with E-state index in [1.807, 2.05) is 61.5 Å². The van der Waals surface area contributed by atoms with Crippen LogP contribution in [0, 0.1) is 6.92 Å². The van der Waals surface area contributed by atoms with Gasteiger partial charge in [-0.1, -0.05) is 59.8 Å². The van der Waals surface area contributed by atoms with Crippen molar-refractivity contribution >= 4 is 17.6 Å². The second kappa shape index (κ2) is 5.89. The summed E-state index contributed by atoms with van der Waals surface area (Å²) in [6.45, 7) is 1.83. The summed E-state index contributed by atoms with van der Waals surface area (Å²) in [5.41, 5.74) is 2.63. The first-order valence-corrected chi connectivity index (χ1v) is 7.00. The minimum Gasteiger partial charge on any atom is -0.451 e. The average Bonchev–Trinajstić information content (AvgIpc) is 2.90. The SMILES string of the molecule is Cc1onc(-c2ccccc2)c1Oc1ccc(C=S)cc1. The molecule has 4 heteroatoms. The van der Waals surface area contributed by atoms with Gasteiger partial charge in [-0.15, -0.1) is 0 Å². The highest BCUT2D eigenvalue weighted by Crippen LogP contribution is 2.35. The summed E-state index contributed by atoms with van der Waals surface area (Å²) in [6.07, 6.45) is 0. The summed E-state index contributed by atoms with van der Waals surface area (Å²) < 4.78 is 11.2. The van der Waals surface area contributed by atoms with Crippen molar-refractivity contribution in [1.82, 2.24) is 5.16 Å². The van der Waals surface area contributed by atoms with Gasteiger partial charge in [0.2, 0.25) is 0 Å². The number of rotatable bonds is 4. The topological polar surface area (TPSA) is 35.3 Å². The van der Waals surface area contributed by atoms with E-state index in [1.165, 1.54) is 0 Å². The van der Waals surface area contributed by atoms with Crippen LogP contribution >= 0.6 is 12.2 Å². The zero-order valence-corrected chi connectivity index (χ0v) is 12.3. The molecule has 0 bridgehead atoms. The highest BCUT2D eigenvalue weighted by atomic mass is 32.1. The average molecular weight is 295 g/mol. The van der Waals surface area contributed by atoms with Crippen LogP contribution in [-0.2, 0) is 0 Å². The molecule has 3 nitrogen and oxygen atoms in total. The smallest absolute Gasteiger partial charge is 0.197 e. The standard InChI is InChI=1S/C17H13NO2S/c1-12-17(19-15-9-7-13(11-21)8-10-15)16(18-20-12)14-5-3-2-4-6-14/h2-11H,1H3. The lowest BCUT2D eigenvalue weighted by molar-refractivity contribution is 0.387. The minimum absolute atomic E-state index is 0.635. The van der Waals surface area contributed by atoms with E-state index in [-0.39, 0.29) is 0 Å². The summed E-state index contributed by atoms with van der Waals surface area (Å²) in [7, 11) is 0. The first-order valence-electron chi connectivity index (χ1n) is 6.52. The molecule has 2 aromatic carbocycles. The Kier molecular flexibility index (Phi) is 3.79. The third-order valence-corrected chi connectivity index (χ3v) is 3.36. The zero-order chi connectivity index (χ0) is 14.7. The first kappa shape index (κ1) is 13.5. The van der Waals surface area contributed by atoms with Crippen molar-refractivity contribution in [2.24, 2.45) is 0 Å². The Hall–Kier alpha value is -2.46. The minimum atomic E-state index is 0.635. The zero-order valence-electron chi connectivity index (χ0n) is 11.4. The molecule has 0 N–H and O–H groups in total. The van der Waals surface area contributed by atoms with E-state index in [2.05, 4.69) is 5.16 Å². The Morgan fingerprint density at radius 1 is 1.05 bits per heavy atom. The van der Waals surface area contributed by atoms with Crippen molar-refractivity contribution in [2.75, 3.05) is 0 Å². The van der Waals surface area contributed by atoms with E-state index in [1.54, 1.807) is 5.37 Å². The van der Waals surface area contributed by atoms with Crippen LogP contribution in [0.25, 0.3) is 11.3 Å². The van der Waals surface area contributed by atoms with E-state index < -0.39 is 0 Å². The van der Waals surface area contributed by atoms with Gasteiger partial charge in [0.25, 0.3) is 0 Å². The van der Waals surface area contributed by atoms with Gasteiger partial charge < -0.3 is 9.26 Å². The number of hydrogen-bond acceptors (Lipinski definition) is 4. The molecule has 0 saturated carbocycles. The molecule has 3 rings (SSSR count). The Morgan fingerprint density at radius 3 is 2.43 bits per heavy atom. The van der Waals surface area contributed by atoms with E-state index in [0.717, 1.165) is 16.9 Å². The molecule has 0 aliphatic carbocycles. The normalized spacial score (nSPS) is 10.3. The van der Waals surface area contributed by atoms with Crippen LogP contribution in [0.4, 0.5) is 0 Å². The molecule has 21 heavy (non-hydrogen) atoms. The van der Waals surface area contributed by atoms with Gasteiger partial charge in [0.15, 0.2) is 17.2 Å². The van der Waals surface area contributed by atoms with Crippen molar-refractivity contribution in [3.05, 3.63) is 65.9 Å². The fraction of sp³-hybridized carbons (Fsp3) is 0.0588. The molecule has 0 spiro atoms. The molecule has 104 valence electrons. The van der Waals surface area contributed by atoms with Crippen LogP contribution < -0.4 is 4.74 Å². The summed E-state index contributed by atoms with van der Waals surface area (Å²) in [5.74, 6) is 2.00. The van der Waals surface area contributed by atoms with Gasteiger partial charge in [-0.2, -0.15) is 0 Å². The lowest BCUT2D eigenvalue weighted by Crippen LogP contribution is -1.88. The first-order chi connectivity index (χ1) is 10.3. The summed E-state index contributed by atoms with van der Waals surface area (Å²) >= 11 is 4.89. The second-order valence-corrected chi connectivity index (χ2v) is 4.81. The monoisotopic (exact) mass is 295 g/mol. The number of thiocarbonyl (C=S) groups is 1. The summed E-state index contributed by atoms with van der Waals surface area (Å²) in [5, 5.41) is 5.72. The van der Waals surface area contributed by atoms with Crippen LogP contribution in [0.1, 0.15) is 11.3 Å². The molecule has 3 aromatic rings. The Bertz CT molecular complexity index is 748. The highest BCUT2D eigenvalue weighted by molar-refractivity contribution is 7.79. The molecule has 0 saturated heterocycles. The van der Waals surface area contributed by atoms with Crippen LogP contribution in [0.5, 0.6) is 11.5 Å². The predicted molar refractivity (Wildman–Crippen MR) is 85.9 cm³/mol. The van der Waals surface area contributed by atoms with Crippen LogP contribution in [0.2, 0.25) is 0 Å². The van der Waals surface area contributed by atoms with Gasteiger partial charge in [0.1, 0.15) is 5.75 Å². The largest absolute Gasteiger partial charge is 0.451 e. The fourth-order valence-electron chi connectivity index (χ4n) is 2.00. The van der Waals surface area contributed by atoms with Gasteiger partial charge in [0, 0.05) is 17.9 Å². The van der Waals surface area contributed by atoms with Gasteiger partial charge in [-0.05, 0) is 17.7 Å². The molecular weight excluding hydrogens is 282 g/mol. The maximum absolute atomic E-state index is 5.93. The van der Waals surface area contributed by atoms with Gasteiger partial charge in [-0.3, -0.25) is 0 Å². The predicted octanol–water partition coefficient (Wildman–Crippen LogP) is 4.79. The third-order valence-electron chi connectivity index (χ3n) is 3.09. The van der Waals surface area contributed by atoms with Gasteiger partial charge in [0.05, 0.1) is 0 Å². The molecule has 1 aromatic heterocycles. The van der Waals surface area contributed by atoms with Crippen LogP contribution in [0.15, 0.2) is 59.1 Å². The number of nitrogens with zero attached hydrogens (tertiary/aromatic N) is 1. The van der Waals surface area contributed by atoms with Crippen LogP contribution in [-0.4, -0.2) is 10.5 Å². The van der Waals surface area contributed by atoms with E-state index in [4.69, 9.17) is 21.5 Å². The maximum Gasteiger partial charge on any atom is 0.197 e. The lowest BCUT2D eigenvalue weighted by Gasteiger charge is -2.06. The highest BCUT2D eigenvalue weighted by Gasteiger charge is 2.16. The second-order valence-electron chi connectivity index (χ2n) is 4.57. The molecular formula is C17H13NO2S. The number of aromatic nitrogens is 1. The quantitative estimate of drug-likeness (QED) is 0.648. The Balaban J connectivity index is 1.95. The fourth-order valence-corrected chi connectivity index (χ4v) is 2.15. The van der Waals surface area contributed by atoms with Crippen LogP contribution in [0.3, 0.4) is 0 Å². The van der Waals surface area contributed by atoms with E-state index in [9.17, 15) is 0 Å². The number of ether oxygens (including phenoxy) is 1. The van der Waals surface area contributed by atoms with Crippen molar-refractivity contribution in [3.8, 4) is 22.8 Å². The number of aryl methyl sites for hydroxylation is 1. The maximum atomic E-state index is 5.93. The molecule has 0 radical (unpaired) electrons. The number of hydrogen-bond donors (Lipinski definition) is 0. The Morgan fingerprint density at radius 2 is 1.76 bits per heavy atom. The molecule has 1 heterocycles. The van der Waals surface area contributed by atoms with Crippen molar-refractivity contribution in [3.63, 3.8) is 0 Å². The number of benzene rings is 2. The van der Waals surface area contributed by atoms with E-state index in [0.29, 0.717) is 17.2 Å². The molecule has 0 unspecified atom stereocenters. The molecule has 0 aliphatic heterocycles. The lowest BCUT2D eigenvalue weighted by atomic mass is 10.1. The molecule has 0 fully saturated rings. The van der Waals surface area contributed by atoms with Crippen molar-refractivity contribution in [2.45, 2.75) is 6.92 Å². The van der Waals surface area contributed by atoms with Crippen molar-refractivity contribution in [1.29, 1.82) is 0 Å². The third kappa shape index (κ3) is 2.85. The summed E-state index contributed by atoms with van der Waals surface area (Å²) in [6, 6.07) is 17.4. The van der Waals surface area contributed by atoms with Crippen molar-refractivity contribution < 1.29 is 9.26 Å². The van der Waals surface area contributed by atoms with E-state index >= 15 is 0 Å². The molecule has 0 atom stereocenters. The molecule has 0 aliphatic rings. The van der Waals surface area contributed by atoms with Gasteiger partial charge >= 0.3 is 0 Å². The van der Waals surface area contributed by atoms with Gasteiger partial charge in [-0.25, -0.2) is 0 Å². The molecule has 0 amide bonds. The summed E-state index contributed by atoms with van der Waals surface area (Å²) in [4.78, 5) is 0.